The van der Waals surface area contributed by atoms with Crippen molar-refractivity contribution in [3.63, 3.8) is 0 Å². The molecule has 1 aromatic carbocycles. The van der Waals surface area contributed by atoms with E-state index in [0.717, 1.165) is 0 Å². The highest BCUT2D eigenvalue weighted by Gasteiger charge is 2.18. The van der Waals surface area contributed by atoms with Crippen molar-refractivity contribution in [2.75, 3.05) is 6.54 Å². The second-order valence-electron chi connectivity index (χ2n) is 4.31. The SMILES string of the molecule is Cc1ccc(C(CN)OC(C)C(C)O)cc1F. The van der Waals surface area contributed by atoms with Crippen molar-refractivity contribution < 1.29 is 14.2 Å². The molecule has 0 aliphatic carbocycles. The van der Waals surface area contributed by atoms with Gasteiger partial charge in [0.05, 0.1) is 18.3 Å². The van der Waals surface area contributed by atoms with Crippen LogP contribution in [0.4, 0.5) is 4.39 Å². The van der Waals surface area contributed by atoms with Crippen LogP contribution in [0.2, 0.25) is 0 Å². The molecule has 0 spiro atoms. The Morgan fingerprint density at radius 3 is 2.53 bits per heavy atom. The van der Waals surface area contributed by atoms with E-state index in [1.54, 1.807) is 32.9 Å². The number of nitrogens with two attached hydrogens (primary N) is 1. The predicted molar refractivity (Wildman–Crippen MR) is 65.2 cm³/mol. The van der Waals surface area contributed by atoms with Crippen molar-refractivity contribution in [3.05, 3.63) is 35.1 Å². The van der Waals surface area contributed by atoms with Crippen LogP contribution in [0.1, 0.15) is 31.1 Å². The van der Waals surface area contributed by atoms with Gasteiger partial charge in [-0.25, -0.2) is 4.39 Å². The lowest BCUT2D eigenvalue weighted by molar-refractivity contribution is -0.0592. The molecular weight excluding hydrogens is 221 g/mol. The third-order valence-corrected chi connectivity index (χ3v) is 2.84. The Hall–Kier alpha value is -0.970. The highest BCUT2D eigenvalue weighted by molar-refractivity contribution is 5.25. The van der Waals surface area contributed by atoms with Gasteiger partial charge in [0.1, 0.15) is 5.82 Å². The summed E-state index contributed by atoms with van der Waals surface area (Å²) in [6.07, 6.45) is -1.32. The van der Waals surface area contributed by atoms with Crippen molar-refractivity contribution in [2.45, 2.75) is 39.1 Å². The van der Waals surface area contributed by atoms with Crippen molar-refractivity contribution in [3.8, 4) is 0 Å². The van der Waals surface area contributed by atoms with Gasteiger partial charge in [0.15, 0.2) is 0 Å². The molecule has 3 atom stereocenters. The largest absolute Gasteiger partial charge is 0.391 e. The number of hydrogen-bond acceptors (Lipinski definition) is 3. The molecule has 0 saturated carbocycles. The summed E-state index contributed by atoms with van der Waals surface area (Å²) in [5.74, 6) is -0.269. The van der Waals surface area contributed by atoms with E-state index in [4.69, 9.17) is 10.5 Å². The average Bonchev–Trinajstić information content (AvgIpc) is 2.29. The van der Waals surface area contributed by atoms with E-state index in [1.807, 2.05) is 0 Å². The maximum Gasteiger partial charge on any atom is 0.126 e. The molecule has 0 aliphatic rings. The van der Waals surface area contributed by atoms with Crippen LogP contribution in [0.3, 0.4) is 0 Å². The topological polar surface area (TPSA) is 55.5 Å². The van der Waals surface area contributed by atoms with E-state index in [2.05, 4.69) is 0 Å². The standard InChI is InChI=1S/C13H20FNO2/c1-8-4-5-11(6-12(8)14)13(7-15)17-10(3)9(2)16/h4-6,9-10,13,16H,7,15H2,1-3H3. The first kappa shape index (κ1) is 14.1. The van der Waals surface area contributed by atoms with Gasteiger partial charge in [0.25, 0.3) is 0 Å². The fraction of sp³-hybridized carbons (Fsp3) is 0.538. The zero-order valence-corrected chi connectivity index (χ0v) is 10.5. The van der Waals surface area contributed by atoms with Gasteiger partial charge in [0.2, 0.25) is 0 Å². The molecule has 1 rings (SSSR count). The summed E-state index contributed by atoms with van der Waals surface area (Å²) in [6.45, 7) is 5.36. The van der Waals surface area contributed by atoms with E-state index in [0.29, 0.717) is 11.1 Å². The van der Waals surface area contributed by atoms with Crippen LogP contribution in [-0.4, -0.2) is 23.9 Å². The molecular formula is C13H20FNO2. The summed E-state index contributed by atoms with van der Waals surface area (Å²) in [5, 5.41) is 9.37. The van der Waals surface area contributed by atoms with Crippen molar-refractivity contribution in [1.29, 1.82) is 0 Å². The average molecular weight is 241 g/mol. The second-order valence-corrected chi connectivity index (χ2v) is 4.31. The number of ether oxygens (including phenoxy) is 1. The summed E-state index contributed by atoms with van der Waals surface area (Å²) in [5.41, 5.74) is 6.90. The maximum atomic E-state index is 13.4. The molecule has 1 aromatic rings. The highest BCUT2D eigenvalue weighted by Crippen LogP contribution is 2.21. The second kappa shape index (κ2) is 6.10. The van der Waals surface area contributed by atoms with Gasteiger partial charge in [-0.05, 0) is 38.0 Å². The number of rotatable bonds is 5. The molecule has 0 saturated heterocycles. The summed E-state index contributed by atoms with van der Waals surface area (Å²) in [4.78, 5) is 0. The van der Waals surface area contributed by atoms with Crippen molar-refractivity contribution in [2.24, 2.45) is 5.73 Å². The monoisotopic (exact) mass is 241 g/mol. The molecule has 0 amide bonds. The molecule has 3 N–H and O–H groups in total. The van der Waals surface area contributed by atoms with Crippen LogP contribution in [0.5, 0.6) is 0 Å². The molecule has 3 nitrogen and oxygen atoms in total. The van der Waals surface area contributed by atoms with E-state index in [1.165, 1.54) is 6.07 Å². The smallest absolute Gasteiger partial charge is 0.126 e. The summed E-state index contributed by atoms with van der Waals surface area (Å²) in [6, 6.07) is 4.93. The number of benzene rings is 1. The maximum absolute atomic E-state index is 13.4. The lowest BCUT2D eigenvalue weighted by atomic mass is 10.1. The molecule has 0 aromatic heterocycles. The minimum Gasteiger partial charge on any atom is -0.391 e. The minimum atomic E-state index is -0.584. The van der Waals surface area contributed by atoms with Gasteiger partial charge in [-0.1, -0.05) is 12.1 Å². The lowest BCUT2D eigenvalue weighted by Gasteiger charge is -2.23. The molecule has 0 aliphatic heterocycles. The first-order valence-corrected chi connectivity index (χ1v) is 5.75. The Balaban J connectivity index is 2.82. The van der Waals surface area contributed by atoms with Crippen LogP contribution < -0.4 is 5.73 Å². The van der Waals surface area contributed by atoms with E-state index < -0.39 is 12.2 Å². The highest BCUT2D eigenvalue weighted by atomic mass is 19.1. The zero-order valence-electron chi connectivity index (χ0n) is 10.5. The molecule has 0 heterocycles. The van der Waals surface area contributed by atoms with Crippen molar-refractivity contribution >= 4 is 0 Å². The molecule has 96 valence electrons. The third-order valence-electron chi connectivity index (χ3n) is 2.84. The van der Waals surface area contributed by atoms with Gasteiger partial charge in [-0.15, -0.1) is 0 Å². The molecule has 0 fully saturated rings. The first-order valence-electron chi connectivity index (χ1n) is 5.75. The molecule has 0 bridgehead atoms. The van der Waals surface area contributed by atoms with E-state index in [9.17, 15) is 9.50 Å². The molecule has 0 radical (unpaired) electrons. The normalized spacial score (nSPS) is 16.6. The van der Waals surface area contributed by atoms with Crippen LogP contribution in [-0.2, 0) is 4.74 Å². The minimum absolute atomic E-state index is 0.250. The zero-order chi connectivity index (χ0) is 13.0. The van der Waals surface area contributed by atoms with E-state index >= 15 is 0 Å². The van der Waals surface area contributed by atoms with Crippen molar-refractivity contribution in [1.82, 2.24) is 0 Å². The van der Waals surface area contributed by atoms with Crippen LogP contribution in [0.15, 0.2) is 18.2 Å². The third kappa shape index (κ3) is 3.77. The van der Waals surface area contributed by atoms with Gasteiger partial charge < -0.3 is 15.6 Å². The van der Waals surface area contributed by atoms with Crippen LogP contribution >= 0.6 is 0 Å². The number of aliphatic hydroxyl groups is 1. The summed E-state index contributed by atoms with van der Waals surface area (Å²) >= 11 is 0. The van der Waals surface area contributed by atoms with Gasteiger partial charge in [-0.2, -0.15) is 0 Å². The Bertz CT molecular complexity index is 368. The Kier molecular flexibility index (Phi) is 5.05. The summed E-state index contributed by atoms with van der Waals surface area (Å²) < 4.78 is 19.0. The van der Waals surface area contributed by atoms with E-state index in [-0.39, 0.29) is 18.5 Å². The van der Waals surface area contributed by atoms with Gasteiger partial charge in [0, 0.05) is 6.54 Å². The number of aryl methyl sites for hydroxylation is 1. The number of aliphatic hydroxyl groups excluding tert-OH is 1. The number of halogens is 1. The predicted octanol–water partition coefficient (Wildman–Crippen LogP) is 1.92. The van der Waals surface area contributed by atoms with Crippen LogP contribution in [0, 0.1) is 12.7 Å². The fourth-order valence-electron chi connectivity index (χ4n) is 1.45. The quantitative estimate of drug-likeness (QED) is 0.828. The molecule has 3 unspecified atom stereocenters. The van der Waals surface area contributed by atoms with Gasteiger partial charge >= 0.3 is 0 Å². The van der Waals surface area contributed by atoms with Crippen LogP contribution in [0.25, 0.3) is 0 Å². The van der Waals surface area contributed by atoms with Gasteiger partial charge in [-0.3, -0.25) is 0 Å². The molecule has 4 heteroatoms. The Labute approximate surface area is 101 Å². The molecule has 17 heavy (non-hydrogen) atoms. The Morgan fingerprint density at radius 2 is 2.06 bits per heavy atom. The summed E-state index contributed by atoms with van der Waals surface area (Å²) in [7, 11) is 0. The Morgan fingerprint density at radius 1 is 1.41 bits per heavy atom. The fourth-order valence-corrected chi connectivity index (χ4v) is 1.45. The number of hydrogen-bond donors (Lipinski definition) is 2. The lowest BCUT2D eigenvalue weighted by Crippen LogP contribution is -2.28. The first-order chi connectivity index (χ1) is 7.95.